The molecule has 29 heavy (non-hydrogen) atoms. The van der Waals surface area contributed by atoms with Gasteiger partial charge in [0.05, 0.1) is 11.3 Å². The van der Waals surface area contributed by atoms with Crippen molar-refractivity contribution in [3.8, 4) is 0 Å². The van der Waals surface area contributed by atoms with E-state index in [1.54, 1.807) is 6.07 Å². The van der Waals surface area contributed by atoms with E-state index in [4.69, 9.17) is 0 Å². The minimum absolute atomic E-state index is 0.243. The van der Waals surface area contributed by atoms with Crippen LogP contribution in [-0.2, 0) is 9.59 Å². The van der Waals surface area contributed by atoms with Crippen LogP contribution in [0.25, 0.3) is 5.57 Å². The fraction of sp³-hybridized carbons (Fsp3) is 0.304. The molecule has 5 nitrogen and oxygen atoms in total. The van der Waals surface area contributed by atoms with E-state index in [2.05, 4.69) is 38.8 Å². The highest BCUT2D eigenvalue weighted by atomic mass is 79.9. The summed E-state index contributed by atoms with van der Waals surface area (Å²) in [5, 5.41) is 0. The maximum Gasteiger partial charge on any atom is 0.282 e. The quantitative estimate of drug-likeness (QED) is 0.665. The van der Waals surface area contributed by atoms with Gasteiger partial charge in [-0.2, -0.15) is 0 Å². The van der Waals surface area contributed by atoms with Crippen LogP contribution in [0.2, 0.25) is 0 Å². The lowest BCUT2D eigenvalue weighted by molar-refractivity contribution is -0.120. The van der Waals surface area contributed by atoms with E-state index >= 15 is 0 Å². The fourth-order valence-electron chi connectivity index (χ4n) is 4.03. The Bertz CT molecular complexity index is 1020. The largest absolute Gasteiger partial charge is 0.364 e. The zero-order valence-corrected chi connectivity index (χ0v) is 18.5. The van der Waals surface area contributed by atoms with Crippen LogP contribution in [0.15, 0.2) is 52.6 Å². The number of carbonyl (C=O) groups is 2. The number of piperazine rings is 1. The van der Waals surface area contributed by atoms with Crippen molar-refractivity contribution in [1.82, 2.24) is 9.80 Å². The molecular weight excluding hydrogens is 430 g/mol. The summed E-state index contributed by atoms with van der Waals surface area (Å²) in [7, 11) is 2.08. The van der Waals surface area contributed by atoms with E-state index in [0.29, 0.717) is 17.0 Å². The zero-order valence-electron chi connectivity index (χ0n) is 16.9. The van der Waals surface area contributed by atoms with Gasteiger partial charge in [-0.1, -0.05) is 45.8 Å². The van der Waals surface area contributed by atoms with Crippen LogP contribution >= 0.6 is 15.9 Å². The smallest absolute Gasteiger partial charge is 0.282 e. The zero-order chi connectivity index (χ0) is 20.7. The Kier molecular flexibility index (Phi) is 5.32. The Hall–Kier alpha value is -2.44. The highest BCUT2D eigenvalue weighted by Gasteiger charge is 2.43. The molecule has 1 fully saturated rings. The van der Waals surface area contributed by atoms with Gasteiger partial charge in [-0.25, -0.2) is 4.90 Å². The molecule has 2 aromatic carbocycles. The topological polar surface area (TPSA) is 43.9 Å². The Morgan fingerprint density at radius 1 is 0.897 bits per heavy atom. The molecule has 1 saturated heterocycles. The molecule has 2 aliphatic heterocycles. The van der Waals surface area contributed by atoms with Gasteiger partial charge < -0.3 is 9.80 Å². The number of rotatable bonds is 3. The average molecular weight is 454 g/mol. The molecule has 0 unspecified atom stereocenters. The highest BCUT2D eigenvalue weighted by molar-refractivity contribution is 9.10. The van der Waals surface area contributed by atoms with Gasteiger partial charge in [-0.15, -0.1) is 0 Å². The van der Waals surface area contributed by atoms with Gasteiger partial charge in [0, 0.05) is 30.7 Å². The van der Waals surface area contributed by atoms with Gasteiger partial charge in [0.2, 0.25) is 0 Å². The fourth-order valence-corrected chi connectivity index (χ4v) is 4.42. The van der Waals surface area contributed by atoms with Gasteiger partial charge >= 0.3 is 0 Å². The molecular formula is C23H24BrN3O2. The third-order valence-corrected chi connectivity index (χ3v) is 6.09. The summed E-state index contributed by atoms with van der Waals surface area (Å²) in [6.07, 6.45) is 0. The van der Waals surface area contributed by atoms with Crippen molar-refractivity contribution in [2.75, 3.05) is 38.1 Å². The van der Waals surface area contributed by atoms with E-state index < -0.39 is 0 Å². The van der Waals surface area contributed by atoms with E-state index in [9.17, 15) is 9.59 Å². The minimum atomic E-state index is -0.256. The first-order chi connectivity index (χ1) is 13.9. The summed E-state index contributed by atoms with van der Waals surface area (Å²) in [5.41, 5.74) is 4.59. The molecule has 0 atom stereocenters. The van der Waals surface area contributed by atoms with E-state index in [-0.39, 0.29) is 11.8 Å². The van der Waals surface area contributed by atoms with E-state index in [1.165, 1.54) is 4.90 Å². The van der Waals surface area contributed by atoms with E-state index in [1.807, 2.05) is 44.2 Å². The van der Waals surface area contributed by atoms with Crippen LogP contribution < -0.4 is 4.90 Å². The van der Waals surface area contributed by atoms with Crippen molar-refractivity contribution in [2.45, 2.75) is 13.8 Å². The number of nitrogens with zero attached hydrogens (tertiary/aromatic N) is 3. The molecule has 6 heteroatoms. The Morgan fingerprint density at radius 3 is 2.28 bits per heavy atom. The molecule has 0 radical (unpaired) electrons. The monoisotopic (exact) mass is 453 g/mol. The molecule has 0 spiro atoms. The maximum absolute atomic E-state index is 13.6. The molecule has 2 heterocycles. The van der Waals surface area contributed by atoms with Crippen molar-refractivity contribution < 1.29 is 9.59 Å². The summed E-state index contributed by atoms with van der Waals surface area (Å²) < 4.78 is 0.830. The molecule has 0 N–H and O–H groups in total. The Labute approximate surface area is 179 Å². The second-order valence-corrected chi connectivity index (χ2v) is 8.67. The van der Waals surface area contributed by atoms with Crippen molar-refractivity contribution >= 4 is 39.0 Å². The number of halogens is 1. The molecule has 150 valence electrons. The van der Waals surface area contributed by atoms with Gasteiger partial charge in [0.25, 0.3) is 11.8 Å². The third-order valence-electron chi connectivity index (χ3n) is 5.60. The van der Waals surface area contributed by atoms with Gasteiger partial charge in [0.1, 0.15) is 5.70 Å². The molecule has 0 saturated carbocycles. The number of carbonyl (C=O) groups excluding carboxylic acids is 2. The number of imide groups is 1. The van der Waals surface area contributed by atoms with Crippen molar-refractivity contribution in [1.29, 1.82) is 0 Å². The number of benzene rings is 2. The second-order valence-electron chi connectivity index (χ2n) is 7.76. The lowest BCUT2D eigenvalue weighted by Gasteiger charge is -2.34. The van der Waals surface area contributed by atoms with Gasteiger partial charge in [-0.05, 0) is 50.2 Å². The standard InChI is InChI=1S/C23H24BrN3O2/c1-15-7-8-19(16(2)13-15)20-21(26-11-9-25(3)10-12-26)23(29)27(22(20)28)18-6-4-5-17(24)14-18/h4-8,13-14H,9-12H2,1-3H3. The van der Waals surface area contributed by atoms with Crippen LogP contribution in [0, 0.1) is 13.8 Å². The van der Waals surface area contributed by atoms with Gasteiger partial charge in [0.15, 0.2) is 0 Å². The molecule has 0 aliphatic carbocycles. The summed E-state index contributed by atoms with van der Waals surface area (Å²) in [4.78, 5) is 32.8. The summed E-state index contributed by atoms with van der Waals surface area (Å²) >= 11 is 3.45. The van der Waals surface area contributed by atoms with Crippen LogP contribution in [-0.4, -0.2) is 54.8 Å². The number of amides is 2. The number of likely N-dealkylation sites (N-methyl/N-ethyl adjacent to an activating group) is 1. The average Bonchev–Trinajstić information content (AvgIpc) is 2.93. The van der Waals surface area contributed by atoms with E-state index in [0.717, 1.165) is 47.3 Å². The predicted octanol–water partition coefficient (Wildman–Crippen LogP) is 3.60. The molecule has 0 bridgehead atoms. The third kappa shape index (κ3) is 3.63. The SMILES string of the molecule is Cc1ccc(C2=C(N3CCN(C)CC3)C(=O)N(c3cccc(Br)c3)C2=O)c(C)c1. The Morgan fingerprint density at radius 2 is 1.62 bits per heavy atom. The first-order valence-corrected chi connectivity index (χ1v) is 10.6. The highest BCUT2D eigenvalue weighted by Crippen LogP contribution is 2.37. The van der Waals surface area contributed by atoms with Crippen LogP contribution in [0.1, 0.15) is 16.7 Å². The number of aryl methyl sites for hydroxylation is 2. The second kappa shape index (κ2) is 7.76. The van der Waals surface area contributed by atoms with Gasteiger partial charge in [-0.3, -0.25) is 9.59 Å². The van der Waals surface area contributed by atoms with Crippen LogP contribution in [0.3, 0.4) is 0 Å². The Balaban J connectivity index is 1.85. The molecule has 2 aromatic rings. The maximum atomic E-state index is 13.6. The number of hydrogen-bond donors (Lipinski definition) is 0. The van der Waals surface area contributed by atoms with Crippen molar-refractivity contribution in [3.63, 3.8) is 0 Å². The molecule has 0 aromatic heterocycles. The summed E-state index contributed by atoms with van der Waals surface area (Å²) in [6, 6.07) is 13.3. The lowest BCUT2D eigenvalue weighted by atomic mass is 9.97. The predicted molar refractivity (Wildman–Crippen MR) is 119 cm³/mol. The number of anilines is 1. The van der Waals surface area contributed by atoms with Crippen molar-refractivity contribution in [2.24, 2.45) is 0 Å². The first kappa shape index (κ1) is 19.9. The van der Waals surface area contributed by atoms with Crippen LogP contribution in [0.4, 0.5) is 5.69 Å². The normalized spacial score (nSPS) is 18.2. The number of hydrogen-bond acceptors (Lipinski definition) is 4. The lowest BCUT2D eigenvalue weighted by Crippen LogP contribution is -2.46. The van der Waals surface area contributed by atoms with Crippen molar-refractivity contribution in [3.05, 3.63) is 69.3 Å². The molecule has 2 aliphatic rings. The summed E-state index contributed by atoms with van der Waals surface area (Å²) in [6.45, 7) is 7.21. The van der Waals surface area contributed by atoms with Crippen LogP contribution in [0.5, 0.6) is 0 Å². The summed E-state index contributed by atoms with van der Waals surface area (Å²) in [5.74, 6) is -0.499. The first-order valence-electron chi connectivity index (χ1n) is 9.76. The minimum Gasteiger partial charge on any atom is -0.364 e. The molecule has 4 rings (SSSR count). The molecule has 2 amide bonds.